The fourth-order valence-electron chi connectivity index (χ4n) is 2.94. The van der Waals surface area contributed by atoms with Gasteiger partial charge in [-0.2, -0.15) is 0 Å². The first-order chi connectivity index (χ1) is 10.1. The van der Waals surface area contributed by atoms with Gasteiger partial charge < -0.3 is 10.2 Å². The second-order valence-corrected chi connectivity index (χ2v) is 5.27. The zero-order valence-electron chi connectivity index (χ0n) is 11.2. The van der Waals surface area contributed by atoms with Crippen LogP contribution in [0.25, 0.3) is 0 Å². The Morgan fingerprint density at radius 1 is 1.00 bits per heavy atom. The standard InChI is InChI=1S/C16H15F2NO2/c17-12-5-1-3-9(14(12)18)10-6-7-13(20)15-11(16(10)21)4-2-8-19-15/h1-5,8,10,13,16,20-21H,6-7H2/t10?,13-,16?/m1/s1. The van der Waals surface area contributed by atoms with Crippen LogP contribution in [0.15, 0.2) is 36.5 Å². The van der Waals surface area contributed by atoms with Crippen molar-refractivity contribution in [1.82, 2.24) is 4.98 Å². The Morgan fingerprint density at radius 2 is 1.76 bits per heavy atom. The number of aliphatic hydroxyl groups is 2. The predicted molar refractivity (Wildman–Crippen MR) is 72.5 cm³/mol. The summed E-state index contributed by atoms with van der Waals surface area (Å²) in [5.41, 5.74) is 1.01. The molecule has 0 fully saturated rings. The highest BCUT2D eigenvalue weighted by Crippen LogP contribution is 2.42. The van der Waals surface area contributed by atoms with Gasteiger partial charge in [0.25, 0.3) is 0 Å². The van der Waals surface area contributed by atoms with Crippen LogP contribution in [0, 0.1) is 11.6 Å². The molecular formula is C16H15F2NO2. The highest BCUT2D eigenvalue weighted by Gasteiger charge is 2.33. The van der Waals surface area contributed by atoms with Crippen molar-refractivity contribution < 1.29 is 19.0 Å². The number of hydrogen-bond donors (Lipinski definition) is 2. The minimum Gasteiger partial charge on any atom is -0.388 e. The Kier molecular flexibility index (Phi) is 3.69. The van der Waals surface area contributed by atoms with Crippen LogP contribution in [-0.2, 0) is 0 Å². The molecule has 3 atom stereocenters. The average molecular weight is 291 g/mol. The molecule has 0 aliphatic heterocycles. The number of hydrogen-bond acceptors (Lipinski definition) is 3. The third-order valence-corrected chi connectivity index (χ3v) is 4.02. The SMILES string of the molecule is OC1c2cccnc2[C@H](O)CCC1c1cccc(F)c1F. The Morgan fingerprint density at radius 3 is 2.57 bits per heavy atom. The second kappa shape index (κ2) is 5.50. The number of aromatic nitrogens is 1. The predicted octanol–water partition coefficient (Wildman–Crippen LogP) is 3.00. The number of benzene rings is 1. The molecule has 1 aliphatic carbocycles. The number of aliphatic hydroxyl groups excluding tert-OH is 2. The summed E-state index contributed by atoms with van der Waals surface area (Å²) in [4.78, 5) is 4.10. The molecule has 0 saturated heterocycles. The van der Waals surface area contributed by atoms with Gasteiger partial charge in [-0.15, -0.1) is 0 Å². The van der Waals surface area contributed by atoms with Crippen LogP contribution in [-0.4, -0.2) is 15.2 Å². The maximum atomic E-state index is 14.0. The van der Waals surface area contributed by atoms with Crippen LogP contribution in [0.3, 0.4) is 0 Å². The number of halogens is 2. The maximum Gasteiger partial charge on any atom is 0.162 e. The van der Waals surface area contributed by atoms with Crippen molar-refractivity contribution in [2.75, 3.05) is 0 Å². The summed E-state index contributed by atoms with van der Waals surface area (Å²) in [5, 5.41) is 20.7. The zero-order valence-corrected chi connectivity index (χ0v) is 11.2. The minimum absolute atomic E-state index is 0.131. The van der Waals surface area contributed by atoms with Crippen LogP contribution >= 0.6 is 0 Å². The molecule has 0 radical (unpaired) electrons. The van der Waals surface area contributed by atoms with Gasteiger partial charge in [-0.3, -0.25) is 4.98 Å². The van der Waals surface area contributed by atoms with E-state index in [2.05, 4.69) is 4.98 Å². The lowest BCUT2D eigenvalue weighted by Crippen LogP contribution is -2.13. The lowest BCUT2D eigenvalue weighted by molar-refractivity contribution is 0.135. The Bertz CT molecular complexity index is 662. The van der Waals surface area contributed by atoms with Crippen LogP contribution in [0.4, 0.5) is 8.78 Å². The normalized spacial score (nSPS) is 25.2. The van der Waals surface area contributed by atoms with Gasteiger partial charge in [0, 0.05) is 17.7 Å². The highest BCUT2D eigenvalue weighted by molar-refractivity contribution is 5.32. The minimum atomic E-state index is -1.03. The molecule has 0 bridgehead atoms. The number of rotatable bonds is 1. The van der Waals surface area contributed by atoms with Gasteiger partial charge in [-0.25, -0.2) is 8.78 Å². The molecule has 1 heterocycles. The maximum absolute atomic E-state index is 14.0. The largest absolute Gasteiger partial charge is 0.388 e. The smallest absolute Gasteiger partial charge is 0.162 e. The first-order valence-corrected chi connectivity index (χ1v) is 6.84. The fourth-order valence-corrected chi connectivity index (χ4v) is 2.94. The number of nitrogens with zero attached hydrogens (tertiary/aromatic N) is 1. The molecule has 21 heavy (non-hydrogen) atoms. The zero-order chi connectivity index (χ0) is 15.0. The van der Waals surface area contributed by atoms with Gasteiger partial charge in [0.05, 0.1) is 17.9 Å². The number of fused-ring (bicyclic) bond motifs is 1. The number of pyridine rings is 1. The van der Waals surface area contributed by atoms with Crippen LogP contribution in [0.2, 0.25) is 0 Å². The molecule has 2 N–H and O–H groups in total. The van der Waals surface area contributed by atoms with E-state index >= 15 is 0 Å². The van der Waals surface area contributed by atoms with Gasteiger partial charge >= 0.3 is 0 Å². The van der Waals surface area contributed by atoms with Gasteiger partial charge in [0.15, 0.2) is 11.6 Å². The molecular weight excluding hydrogens is 276 g/mol. The lowest BCUT2D eigenvalue weighted by atomic mass is 9.87. The molecule has 2 unspecified atom stereocenters. The molecule has 5 heteroatoms. The van der Waals surface area contributed by atoms with Gasteiger partial charge in [-0.1, -0.05) is 18.2 Å². The molecule has 0 spiro atoms. The molecule has 1 aromatic carbocycles. The summed E-state index contributed by atoms with van der Waals surface area (Å²) in [7, 11) is 0. The first-order valence-electron chi connectivity index (χ1n) is 6.84. The van der Waals surface area contributed by atoms with Crippen LogP contribution in [0.5, 0.6) is 0 Å². The molecule has 0 amide bonds. The quantitative estimate of drug-likeness (QED) is 0.794. The van der Waals surface area contributed by atoms with Gasteiger partial charge in [-0.05, 0) is 30.5 Å². The Balaban J connectivity index is 2.07. The molecule has 1 aromatic heterocycles. The van der Waals surface area contributed by atoms with Crippen molar-refractivity contribution in [1.29, 1.82) is 0 Å². The van der Waals surface area contributed by atoms with E-state index in [9.17, 15) is 19.0 Å². The van der Waals surface area contributed by atoms with E-state index in [4.69, 9.17) is 0 Å². The summed E-state index contributed by atoms with van der Waals surface area (Å²) in [5.74, 6) is -2.49. The van der Waals surface area contributed by atoms with Crippen molar-refractivity contribution in [3.8, 4) is 0 Å². The van der Waals surface area contributed by atoms with E-state index in [1.54, 1.807) is 12.1 Å². The van der Waals surface area contributed by atoms with E-state index < -0.39 is 29.8 Å². The molecule has 3 rings (SSSR count). The van der Waals surface area contributed by atoms with E-state index in [1.807, 2.05) is 0 Å². The lowest BCUT2D eigenvalue weighted by Gasteiger charge is -2.22. The van der Waals surface area contributed by atoms with Crippen LogP contribution < -0.4 is 0 Å². The molecule has 110 valence electrons. The van der Waals surface area contributed by atoms with Crippen molar-refractivity contribution in [2.24, 2.45) is 0 Å². The third kappa shape index (κ3) is 2.43. The summed E-state index contributed by atoms with van der Waals surface area (Å²) in [6, 6.07) is 7.25. The van der Waals surface area contributed by atoms with E-state index in [0.29, 0.717) is 24.1 Å². The molecule has 3 nitrogen and oxygen atoms in total. The fraction of sp³-hybridized carbons (Fsp3) is 0.312. The van der Waals surface area contributed by atoms with Crippen molar-refractivity contribution in [3.63, 3.8) is 0 Å². The Hall–Kier alpha value is -1.85. The summed E-state index contributed by atoms with van der Waals surface area (Å²) in [6.45, 7) is 0. The monoisotopic (exact) mass is 291 g/mol. The van der Waals surface area contributed by atoms with Crippen LogP contribution in [0.1, 0.15) is 47.8 Å². The molecule has 0 saturated carbocycles. The van der Waals surface area contributed by atoms with E-state index in [0.717, 1.165) is 6.07 Å². The Labute approximate surface area is 120 Å². The third-order valence-electron chi connectivity index (χ3n) is 4.02. The van der Waals surface area contributed by atoms with Crippen molar-refractivity contribution in [3.05, 3.63) is 65.0 Å². The van der Waals surface area contributed by atoms with Crippen molar-refractivity contribution in [2.45, 2.75) is 31.0 Å². The van der Waals surface area contributed by atoms with Gasteiger partial charge in [0.2, 0.25) is 0 Å². The van der Waals surface area contributed by atoms with Gasteiger partial charge in [0.1, 0.15) is 0 Å². The summed E-state index contributed by atoms with van der Waals surface area (Å²) in [6.07, 6.45) is 0.387. The average Bonchev–Trinajstić information content (AvgIpc) is 2.62. The van der Waals surface area contributed by atoms with E-state index in [1.165, 1.54) is 18.3 Å². The topological polar surface area (TPSA) is 53.4 Å². The molecule has 1 aliphatic rings. The first kappa shape index (κ1) is 14.1. The van der Waals surface area contributed by atoms with Crippen molar-refractivity contribution >= 4 is 0 Å². The summed E-state index contributed by atoms with van der Waals surface area (Å²) >= 11 is 0. The van der Waals surface area contributed by atoms with E-state index in [-0.39, 0.29) is 5.56 Å². The highest BCUT2D eigenvalue weighted by atomic mass is 19.2. The molecule has 2 aromatic rings. The summed E-state index contributed by atoms with van der Waals surface area (Å²) < 4.78 is 27.4. The second-order valence-electron chi connectivity index (χ2n) is 5.27.